The van der Waals surface area contributed by atoms with Crippen molar-refractivity contribution in [1.29, 1.82) is 0 Å². The number of rotatable bonds is 10. The Kier molecular flexibility index (Phi) is 11.5. The number of anilines is 1. The van der Waals surface area contributed by atoms with Gasteiger partial charge in [-0.1, -0.05) is 38.1 Å². The van der Waals surface area contributed by atoms with Crippen molar-refractivity contribution >= 4 is 11.8 Å². The molecule has 0 aliphatic carbocycles. The van der Waals surface area contributed by atoms with Crippen molar-refractivity contribution < 1.29 is 45.5 Å². The van der Waals surface area contributed by atoms with Crippen molar-refractivity contribution in [3.05, 3.63) is 89.2 Å². The minimum Gasteiger partial charge on any atom is -0.496 e. The molecular weight excluding hydrogens is 651 g/mol. The summed E-state index contributed by atoms with van der Waals surface area (Å²) in [7, 11) is 4.44. The van der Waals surface area contributed by atoms with Gasteiger partial charge in [0.25, 0.3) is 5.91 Å². The zero-order chi connectivity index (χ0) is 36.0. The second-order valence-corrected chi connectivity index (χ2v) is 11.8. The van der Waals surface area contributed by atoms with Gasteiger partial charge in [-0.15, -0.1) is 0 Å². The summed E-state index contributed by atoms with van der Waals surface area (Å²) in [5, 5.41) is 6.83. The van der Waals surface area contributed by atoms with Crippen LogP contribution in [0.2, 0.25) is 0 Å². The van der Waals surface area contributed by atoms with Gasteiger partial charge in [0.2, 0.25) is 11.8 Å². The smallest absolute Gasteiger partial charge is 0.416 e. The Bertz CT molecular complexity index is 1710. The monoisotopic (exact) mass is 690 g/mol. The SMILES string of the molecule is CCC(C)(CC)c1cc(NC(=O)c2c(OC)cccc2OC)on1.CN1CC(F)C[C@@]1(F)c1cccnc1Oc1cccc(C(F)(F)F)c1. The van der Waals surface area contributed by atoms with E-state index in [1.807, 2.05) is 0 Å². The molecule has 1 fully saturated rings. The first kappa shape index (κ1) is 37.1. The van der Waals surface area contributed by atoms with Crippen LogP contribution in [0.25, 0.3) is 0 Å². The fourth-order valence-corrected chi connectivity index (χ4v) is 5.36. The van der Waals surface area contributed by atoms with E-state index in [4.69, 9.17) is 18.7 Å². The predicted molar refractivity (Wildman–Crippen MR) is 173 cm³/mol. The summed E-state index contributed by atoms with van der Waals surface area (Å²) >= 11 is 0. The molecule has 1 N–H and O–H groups in total. The van der Waals surface area contributed by atoms with Crippen molar-refractivity contribution in [1.82, 2.24) is 15.0 Å². The standard InChI is InChI=1S/C18H24N2O4.C17H15F5N2O/c1-6-18(3,7-2)14-11-15(24-20-14)19-17(21)16-12(22-4)9-8-10-13(16)23-5;1-24-10-12(18)9-16(24,19)14-6-3-7-23-15(14)25-13-5-2-4-11(8-13)17(20,21)22/h8-11H,6-7H2,1-5H3,(H,19,21);2-8,12H,9-10H2,1H3/t;12?,16-/m.0/s1. The Morgan fingerprint density at radius 1 is 1.04 bits per heavy atom. The Balaban J connectivity index is 0.000000221. The second kappa shape index (κ2) is 15.2. The van der Waals surface area contributed by atoms with Crippen molar-refractivity contribution in [2.24, 2.45) is 0 Å². The van der Waals surface area contributed by atoms with Gasteiger partial charge in [-0.2, -0.15) is 13.2 Å². The fraction of sp³-hybridized carbons (Fsp3) is 0.400. The van der Waals surface area contributed by atoms with Crippen LogP contribution in [0.3, 0.4) is 0 Å². The Morgan fingerprint density at radius 3 is 2.27 bits per heavy atom. The average molecular weight is 691 g/mol. The summed E-state index contributed by atoms with van der Waals surface area (Å²) < 4.78 is 88.6. The third-order valence-electron chi connectivity index (χ3n) is 8.71. The van der Waals surface area contributed by atoms with E-state index < -0.39 is 30.1 Å². The van der Waals surface area contributed by atoms with Gasteiger partial charge in [-0.3, -0.25) is 15.0 Å². The van der Waals surface area contributed by atoms with E-state index in [2.05, 4.69) is 36.2 Å². The second-order valence-electron chi connectivity index (χ2n) is 11.8. The van der Waals surface area contributed by atoms with Gasteiger partial charge in [0.15, 0.2) is 5.79 Å². The van der Waals surface area contributed by atoms with Crippen LogP contribution >= 0.6 is 0 Å². The molecule has 9 nitrogen and oxygen atoms in total. The lowest BCUT2D eigenvalue weighted by Crippen LogP contribution is -2.34. The van der Waals surface area contributed by atoms with Gasteiger partial charge >= 0.3 is 6.18 Å². The summed E-state index contributed by atoms with van der Waals surface area (Å²) in [6, 6.07) is 14.0. The highest BCUT2D eigenvalue weighted by molar-refractivity contribution is 6.07. The maximum absolute atomic E-state index is 15.3. The van der Waals surface area contributed by atoms with E-state index in [0.717, 1.165) is 30.7 Å². The van der Waals surface area contributed by atoms with Gasteiger partial charge in [-0.05, 0) is 62.4 Å². The zero-order valence-corrected chi connectivity index (χ0v) is 28.0. The molecule has 1 aliphatic heterocycles. The molecule has 5 rings (SSSR count). The predicted octanol–water partition coefficient (Wildman–Crippen LogP) is 8.71. The van der Waals surface area contributed by atoms with Crippen LogP contribution < -0.4 is 19.5 Å². The summed E-state index contributed by atoms with van der Waals surface area (Å²) in [4.78, 5) is 17.7. The molecule has 264 valence electrons. The van der Waals surface area contributed by atoms with Gasteiger partial charge in [-0.25, -0.2) is 13.8 Å². The molecule has 1 aliphatic rings. The molecule has 14 heteroatoms. The van der Waals surface area contributed by atoms with E-state index in [0.29, 0.717) is 22.9 Å². The Hall–Kier alpha value is -4.72. The van der Waals surface area contributed by atoms with Gasteiger partial charge in [0.1, 0.15) is 29.0 Å². The summed E-state index contributed by atoms with van der Waals surface area (Å²) in [5.74, 6) is -1.67. The van der Waals surface area contributed by atoms with Gasteiger partial charge in [0, 0.05) is 30.6 Å². The van der Waals surface area contributed by atoms with Crippen molar-refractivity contribution in [2.45, 2.75) is 63.6 Å². The van der Waals surface area contributed by atoms with Crippen LogP contribution in [-0.4, -0.2) is 54.9 Å². The number of amides is 1. The maximum atomic E-state index is 15.3. The summed E-state index contributed by atoms with van der Waals surface area (Å²) in [6.07, 6.45) is -3.07. The third-order valence-corrected chi connectivity index (χ3v) is 8.71. The summed E-state index contributed by atoms with van der Waals surface area (Å²) in [5.41, 5.74) is 0.160. The molecule has 0 spiro atoms. The molecule has 1 saturated heterocycles. The lowest BCUT2D eigenvalue weighted by Gasteiger charge is -2.28. The number of benzene rings is 2. The molecule has 0 bridgehead atoms. The van der Waals surface area contributed by atoms with Crippen LogP contribution in [0.4, 0.5) is 27.8 Å². The molecule has 2 atom stereocenters. The van der Waals surface area contributed by atoms with E-state index in [-0.39, 0.29) is 35.1 Å². The number of halogens is 5. The van der Waals surface area contributed by atoms with E-state index >= 15 is 4.39 Å². The lowest BCUT2D eigenvalue weighted by atomic mass is 9.81. The number of nitrogens with one attached hydrogen (secondary N) is 1. The number of carbonyl (C=O) groups is 1. The maximum Gasteiger partial charge on any atom is 0.416 e. The van der Waals surface area contributed by atoms with E-state index in [9.17, 15) is 22.4 Å². The topological polar surface area (TPSA) is 99.0 Å². The van der Waals surface area contributed by atoms with Crippen LogP contribution in [0, 0.1) is 0 Å². The van der Waals surface area contributed by atoms with E-state index in [1.54, 1.807) is 24.3 Å². The summed E-state index contributed by atoms with van der Waals surface area (Å²) in [6.45, 7) is 6.25. The number of alkyl halides is 5. The fourth-order valence-electron chi connectivity index (χ4n) is 5.36. The quantitative estimate of drug-likeness (QED) is 0.130. The first-order chi connectivity index (χ1) is 23.2. The molecular formula is C35H39F5N4O5. The molecule has 49 heavy (non-hydrogen) atoms. The lowest BCUT2D eigenvalue weighted by molar-refractivity contribution is -0.137. The van der Waals surface area contributed by atoms with Crippen LogP contribution in [0.1, 0.15) is 67.2 Å². The molecule has 1 amide bonds. The van der Waals surface area contributed by atoms with Crippen LogP contribution in [-0.2, 0) is 17.4 Å². The number of aromatic nitrogens is 2. The highest BCUT2D eigenvalue weighted by Gasteiger charge is 2.48. The number of hydrogen-bond donors (Lipinski definition) is 1. The van der Waals surface area contributed by atoms with Crippen LogP contribution in [0.5, 0.6) is 23.1 Å². The number of carbonyl (C=O) groups excluding carboxylic acids is 1. The molecule has 0 radical (unpaired) electrons. The zero-order valence-electron chi connectivity index (χ0n) is 28.0. The highest BCUT2D eigenvalue weighted by atomic mass is 19.4. The third kappa shape index (κ3) is 8.30. The first-order valence-corrected chi connectivity index (χ1v) is 15.5. The molecule has 0 saturated carbocycles. The molecule has 3 heterocycles. The van der Waals surface area contributed by atoms with Crippen LogP contribution in [0.15, 0.2) is 71.4 Å². The van der Waals surface area contributed by atoms with E-state index in [1.165, 1.54) is 56.6 Å². The number of likely N-dealkylation sites (tertiary alicyclic amines) is 1. The number of ether oxygens (including phenoxy) is 3. The number of methoxy groups -OCH3 is 2. The molecule has 1 unspecified atom stereocenters. The normalized spacial score (nSPS) is 18.0. The number of nitrogens with zero attached hydrogens (tertiary/aromatic N) is 3. The van der Waals surface area contributed by atoms with Crippen molar-refractivity contribution in [3.63, 3.8) is 0 Å². The minimum absolute atomic E-state index is 0.0185. The Morgan fingerprint density at radius 2 is 1.69 bits per heavy atom. The van der Waals surface area contributed by atoms with Gasteiger partial charge < -0.3 is 18.7 Å². The molecule has 2 aromatic heterocycles. The highest BCUT2D eigenvalue weighted by Crippen LogP contribution is 2.44. The first-order valence-electron chi connectivity index (χ1n) is 15.5. The Labute approximate surface area is 281 Å². The largest absolute Gasteiger partial charge is 0.496 e. The number of hydrogen-bond acceptors (Lipinski definition) is 8. The van der Waals surface area contributed by atoms with Crippen molar-refractivity contribution in [2.75, 3.05) is 33.1 Å². The molecule has 2 aromatic carbocycles. The molecule has 4 aromatic rings. The van der Waals surface area contributed by atoms with Crippen molar-refractivity contribution in [3.8, 4) is 23.1 Å². The van der Waals surface area contributed by atoms with Gasteiger partial charge in [0.05, 0.1) is 31.0 Å². The average Bonchev–Trinajstić information content (AvgIpc) is 3.67. The minimum atomic E-state index is -4.53. The number of pyridine rings is 1.